The first-order valence-electron chi connectivity index (χ1n) is 10.1. The van der Waals surface area contributed by atoms with Crippen LogP contribution in [0, 0.1) is 17.2 Å². The normalized spacial score (nSPS) is 13.8. The van der Waals surface area contributed by atoms with Gasteiger partial charge in [0.15, 0.2) is 6.10 Å². The molecule has 0 spiro atoms. The van der Waals surface area contributed by atoms with Crippen molar-refractivity contribution in [3.63, 3.8) is 0 Å². The van der Waals surface area contributed by atoms with Crippen LogP contribution >= 0.6 is 0 Å². The van der Waals surface area contributed by atoms with Crippen molar-refractivity contribution in [2.45, 2.75) is 39.3 Å². The second-order valence-corrected chi connectivity index (χ2v) is 7.94. The molecule has 158 valence electrons. The Morgan fingerprint density at radius 1 is 1.06 bits per heavy atom. The Bertz CT molecular complexity index is 1150. The highest BCUT2D eigenvalue weighted by Gasteiger charge is 2.33. The predicted molar refractivity (Wildman–Crippen MR) is 119 cm³/mol. The van der Waals surface area contributed by atoms with Crippen molar-refractivity contribution in [2.75, 3.05) is 0 Å². The number of para-hydroxylation sites is 1. The van der Waals surface area contributed by atoms with E-state index in [2.05, 4.69) is 16.4 Å². The third-order valence-electron chi connectivity index (χ3n) is 5.43. The summed E-state index contributed by atoms with van der Waals surface area (Å²) in [6.07, 6.45) is -1.06. The molecule has 0 unspecified atom stereocenters. The standard InChI is InChI=1S/C25H25N3O3/c1-16(2)25(4,15-26)28-23(29)17(3)31-24(30)20-14-22(18-10-6-5-7-11-18)27-21-13-9-8-12-19(20)21/h5-14,16-17H,1-4H3,(H,28,29)/t17-,25-/m0/s1. The maximum Gasteiger partial charge on any atom is 0.339 e. The number of pyridine rings is 1. The number of carbonyl (C=O) groups excluding carboxylic acids is 2. The number of esters is 1. The van der Waals surface area contributed by atoms with Crippen molar-refractivity contribution in [1.82, 2.24) is 10.3 Å². The van der Waals surface area contributed by atoms with Crippen LogP contribution in [0.4, 0.5) is 0 Å². The van der Waals surface area contributed by atoms with Crippen LogP contribution in [0.25, 0.3) is 22.2 Å². The molecular weight excluding hydrogens is 390 g/mol. The second kappa shape index (κ2) is 8.97. The van der Waals surface area contributed by atoms with Crippen LogP contribution in [0.2, 0.25) is 0 Å². The lowest BCUT2D eigenvalue weighted by atomic mass is 9.90. The number of aromatic nitrogens is 1. The quantitative estimate of drug-likeness (QED) is 0.599. The lowest BCUT2D eigenvalue weighted by molar-refractivity contribution is -0.130. The van der Waals surface area contributed by atoms with E-state index in [0.717, 1.165) is 5.56 Å². The van der Waals surface area contributed by atoms with Crippen LogP contribution in [0.3, 0.4) is 0 Å². The molecule has 2 aromatic carbocycles. The molecule has 1 amide bonds. The summed E-state index contributed by atoms with van der Waals surface area (Å²) < 4.78 is 5.48. The van der Waals surface area contributed by atoms with E-state index in [1.165, 1.54) is 6.92 Å². The monoisotopic (exact) mass is 415 g/mol. The van der Waals surface area contributed by atoms with E-state index in [1.54, 1.807) is 19.1 Å². The molecule has 0 saturated carbocycles. The summed E-state index contributed by atoms with van der Waals surface area (Å²) in [7, 11) is 0. The summed E-state index contributed by atoms with van der Waals surface area (Å²) in [5.41, 5.74) is 1.44. The molecule has 2 atom stereocenters. The molecule has 0 fully saturated rings. The van der Waals surface area contributed by atoms with Gasteiger partial charge in [0.25, 0.3) is 5.91 Å². The molecular formula is C25H25N3O3. The van der Waals surface area contributed by atoms with E-state index in [-0.39, 0.29) is 5.92 Å². The first-order valence-corrected chi connectivity index (χ1v) is 10.1. The summed E-state index contributed by atoms with van der Waals surface area (Å²) in [6, 6.07) is 20.6. The highest BCUT2D eigenvalue weighted by Crippen LogP contribution is 2.25. The molecule has 6 heteroatoms. The van der Waals surface area contributed by atoms with Crippen LogP contribution in [-0.2, 0) is 9.53 Å². The van der Waals surface area contributed by atoms with E-state index in [0.29, 0.717) is 22.2 Å². The smallest absolute Gasteiger partial charge is 0.339 e. The average Bonchev–Trinajstić information content (AvgIpc) is 2.78. The Balaban J connectivity index is 1.90. The van der Waals surface area contributed by atoms with E-state index in [9.17, 15) is 14.9 Å². The predicted octanol–water partition coefficient (Wildman–Crippen LogP) is 4.50. The minimum atomic E-state index is -1.06. The van der Waals surface area contributed by atoms with Crippen LogP contribution in [0.15, 0.2) is 60.7 Å². The molecule has 1 N–H and O–H groups in total. The number of hydrogen-bond acceptors (Lipinski definition) is 5. The first kappa shape index (κ1) is 22.0. The molecule has 3 aromatic rings. The third kappa shape index (κ3) is 4.72. The van der Waals surface area contributed by atoms with Crippen LogP contribution < -0.4 is 5.32 Å². The molecule has 31 heavy (non-hydrogen) atoms. The fraction of sp³-hybridized carbons (Fsp3) is 0.280. The van der Waals surface area contributed by atoms with Gasteiger partial charge in [0.2, 0.25) is 0 Å². The van der Waals surface area contributed by atoms with Crippen molar-refractivity contribution in [3.8, 4) is 17.3 Å². The van der Waals surface area contributed by atoms with Crippen molar-refractivity contribution in [1.29, 1.82) is 5.26 Å². The minimum absolute atomic E-state index is 0.109. The highest BCUT2D eigenvalue weighted by atomic mass is 16.5. The number of rotatable bonds is 6. The molecule has 0 aliphatic rings. The number of benzene rings is 2. The summed E-state index contributed by atoms with van der Waals surface area (Å²) in [6.45, 7) is 6.82. The number of hydrogen-bond donors (Lipinski definition) is 1. The number of nitrogens with zero attached hydrogens (tertiary/aromatic N) is 2. The average molecular weight is 415 g/mol. The maximum absolute atomic E-state index is 13.0. The zero-order chi connectivity index (χ0) is 22.6. The van der Waals surface area contributed by atoms with Crippen molar-refractivity contribution in [2.24, 2.45) is 5.92 Å². The van der Waals surface area contributed by atoms with Crippen LogP contribution in [0.1, 0.15) is 38.1 Å². The fourth-order valence-corrected chi connectivity index (χ4v) is 3.04. The van der Waals surface area contributed by atoms with Gasteiger partial charge in [-0.3, -0.25) is 4.79 Å². The molecule has 0 aliphatic heterocycles. The molecule has 6 nitrogen and oxygen atoms in total. The van der Waals surface area contributed by atoms with Gasteiger partial charge < -0.3 is 10.1 Å². The second-order valence-electron chi connectivity index (χ2n) is 7.94. The van der Waals surface area contributed by atoms with Crippen molar-refractivity contribution in [3.05, 3.63) is 66.2 Å². The van der Waals surface area contributed by atoms with E-state index in [1.807, 2.05) is 62.4 Å². The minimum Gasteiger partial charge on any atom is -0.449 e. The molecule has 0 radical (unpaired) electrons. The first-order chi connectivity index (χ1) is 14.7. The number of carbonyl (C=O) groups is 2. The van der Waals surface area contributed by atoms with E-state index < -0.39 is 23.5 Å². The van der Waals surface area contributed by atoms with Crippen LogP contribution in [-0.4, -0.2) is 28.5 Å². The largest absolute Gasteiger partial charge is 0.449 e. The van der Waals surface area contributed by atoms with E-state index >= 15 is 0 Å². The van der Waals surface area contributed by atoms with Gasteiger partial charge in [-0.15, -0.1) is 0 Å². The Hall–Kier alpha value is -3.72. The topological polar surface area (TPSA) is 92.1 Å². The summed E-state index contributed by atoms with van der Waals surface area (Å²) in [5, 5.41) is 12.8. The summed E-state index contributed by atoms with van der Waals surface area (Å²) in [4.78, 5) is 30.3. The SMILES string of the molecule is CC(C)[C@](C)(C#N)NC(=O)[C@H](C)OC(=O)c1cc(-c2ccccc2)nc2ccccc12. The van der Waals surface area contributed by atoms with Gasteiger partial charge in [0.05, 0.1) is 22.8 Å². The van der Waals surface area contributed by atoms with Gasteiger partial charge in [0.1, 0.15) is 5.54 Å². The lowest BCUT2D eigenvalue weighted by Gasteiger charge is -2.28. The number of fused-ring (bicyclic) bond motifs is 1. The molecule has 0 bridgehead atoms. The fourth-order valence-electron chi connectivity index (χ4n) is 3.04. The summed E-state index contributed by atoms with van der Waals surface area (Å²) in [5.74, 6) is -1.25. The Labute approximate surface area is 181 Å². The molecule has 0 saturated heterocycles. The number of nitrogens with one attached hydrogen (secondary N) is 1. The van der Waals surface area contributed by atoms with Gasteiger partial charge in [-0.2, -0.15) is 5.26 Å². The molecule has 1 heterocycles. The maximum atomic E-state index is 13.0. The van der Waals surface area contributed by atoms with Crippen molar-refractivity contribution >= 4 is 22.8 Å². The van der Waals surface area contributed by atoms with Gasteiger partial charge in [-0.1, -0.05) is 62.4 Å². The Morgan fingerprint density at radius 2 is 1.71 bits per heavy atom. The zero-order valence-corrected chi connectivity index (χ0v) is 18.0. The highest BCUT2D eigenvalue weighted by molar-refractivity contribution is 6.05. The number of amides is 1. The Morgan fingerprint density at radius 3 is 2.35 bits per heavy atom. The number of ether oxygens (including phenoxy) is 1. The van der Waals surface area contributed by atoms with Crippen LogP contribution in [0.5, 0.6) is 0 Å². The van der Waals surface area contributed by atoms with Gasteiger partial charge in [0, 0.05) is 10.9 Å². The van der Waals surface area contributed by atoms with Gasteiger partial charge in [-0.05, 0) is 31.9 Å². The Kier molecular flexibility index (Phi) is 6.36. The van der Waals surface area contributed by atoms with Crippen molar-refractivity contribution < 1.29 is 14.3 Å². The van der Waals surface area contributed by atoms with Gasteiger partial charge >= 0.3 is 5.97 Å². The lowest BCUT2D eigenvalue weighted by Crippen LogP contribution is -2.52. The van der Waals surface area contributed by atoms with Gasteiger partial charge in [-0.25, -0.2) is 9.78 Å². The molecule has 1 aromatic heterocycles. The molecule has 3 rings (SSSR count). The van der Waals surface area contributed by atoms with E-state index in [4.69, 9.17) is 4.74 Å². The third-order valence-corrected chi connectivity index (χ3v) is 5.43. The summed E-state index contributed by atoms with van der Waals surface area (Å²) >= 11 is 0. The zero-order valence-electron chi connectivity index (χ0n) is 18.0. The molecule has 0 aliphatic carbocycles. The number of nitriles is 1.